The number of amides is 2. The molecule has 8 nitrogen and oxygen atoms in total. The Hall–Kier alpha value is -3.07. The first-order chi connectivity index (χ1) is 12.8. The van der Waals surface area contributed by atoms with Gasteiger partial charge in [0, 0.05) is 28.1 Å². The molecule has 0 aliphatic carbocycles. The molecular formula is C18H20N6O2S. The van der Waals surface area contributed by atoms with E-state index < -0.39 is 5.41 Å². The number of hydrazone groups is 1. The second kappa shape index (κ2) is 7.67. The topological polar surface area (TPSA) is 112 Å². The molecule has 0 unspecified atom stereocenters. The molecule has 140 valence electrons. The van der Waals surface area contributed by atoms with Crippen molar-refractivity contribution in [1.29, 1.82) is 0 Å². The summed E-state index contributed by atoms with van der Waals surface area (Å²) in [6.45, 7) is 5.43. The number of hydrogen-bond acceptors (Lipinski definition) is 6. The molecular weight excluding hydrogens is 364 g/mol. The third kappa shape index (κ3) is 4.76. The summed E-state index contributed by atoms with van der Waals surface area (Å²) in [7, 11) is 0. The number of carbonyl (C=O) groups excluding carboxylic acids is 2. The van der Waals surface area contributed by atoms with Gasteiger partial charge in [-0.15, -0.1) is 10.2 Å². The lowest BCUT2D eigenvalue weighted by Gasteiger charge is -2.15. The molecule has 0 fully saturated rings. The summed E-state index contributed by atoms with van der Waals surface area (Å²) in [5.74, 6) is -0.464. The molecule has 3 N–H and O–H groups in total. The summed E-state index contributed by atoms with van der Waals surface area (Å²) >= 11 is 1.17. The summed E-state index contributed by atoms with van der Waals surface area (Å²) in [6, 6.07) is 7.83. The molecule has 27 heavy (non-hydrogen) atoms. The van der Waals surface area contributed by atoms with Gasteiger partial charge in [-0.1, -0.05) is 50.3 Å². The highest BCUT2D eigenvalue weighted by atomic mass is 32.1. The van der Waals surface area contributed by atoms with Crippen molar-refractivity contribution >= 4 is 45.4 Å². The lowest BCUT2D eigenvalue weighted by molar-refractivity contribution is -0.123. The van der Waals surface area contributed by atoms with E-state index in [0.717, 1.165) is 16.5 Å². The van der Waals surface area contributed by atoms with Gasteiger partial charge >= 0.3 is 0 Å². The van der Waals surface area contributed by atoms with Crippen LogP contribution in [0, 0.1) is 5.41 Å². The number of benzene rings is 1. The number of H-pyrrole nitrogens is 1. The quantitative estimate of drug-likeness (QED) is 0.464. The third-order valence-electron chi connectivity index (χ3n) is 3.69. The van der Waals surface area contributed by atoms with Gasteiger partial charge < -0.3 is 10.3 Å². The maximum atomic E-state index is 12.0. The number of fused-ring (bicyclic) bond motifs is 1. The normalized spacial score (nSPS) is 11.8. The summed E-state index contributed by atoms with van der Waals surface area (Å²) in [4.78, 5) is 27.1. The molecule has 0 aliphatic heterocycles. The van der Waals surface area contributed by atoms with E-state index in [2.05, 4.69) is 31.0 Å². The van der Waals surface area contributed by atoms with Crippen molar-refractivity contribution in [2.75, 3.05) is 5.32 Å². The van der Waals surface area contributed by atoms with Crippen molar-refractivity contribution in [2.24, 2.45) is 10.5 Å². The lowest BCUT2D eigenvalue weighted by atomic mass is 9.96. The minimum atomic E-state index is -0.527. The molecule has 0 radical (unpaired) electrons. The van der Waals surface area contributed by atoms with Crippen molar-refractivity contribution in [1.82, 2.24) is 20.6 Å². The van der Waals surface area contributed by atoms with Crippen LogP contribution in [0.3, 0.4) is 0 Å². The van der Waals surface area contributed by atoms with Gasteiger partial charge in [0.15, 0.2) is 0 Å². The first-order valence-electron chi connectivity index (χ1n) is 8.35. The van der Waals surface area contributed by atoms with Gasteiger partial charge in [-0.2, -0.15) is 5.10 Å². The van der Waals surface area contributed by atoms with Crippen molar-refractivity contribution in [3.63, 3.8) is 0 Å². The number of para-hydroxylation sites is 1. The first-order valence-corrected chi connectivity index (χ1v) is 9.16. The molecule has 9 heteroatoms. The first kappa shape index (κ1) is 18.7. The Morgan fingerprint density at radius 2 is 2.04 bits per heavy atom. The minimum absolute atomic E-state index is 0.0360. The fourth-order valence-electron chi connectivity index (χ4n) is 2.21. The van der Waals surface area contributed by atoms with Crippen LogP contribution in [0.5, 0.6) is 0 Å². The van der Waals surface area contributed by atoms with Crippen LogP contribution < -0.4 is 10.7 Å². The molecule has 3 rings (SSSR count). The Kier molecular flexibility index (Phi) is 5.31. The predicted molar refractivity (Wildman–Crippen MR) is 106 cm³/mol. The van der Waals surface area contributed by atoms with E-state index in [1.165, 1.54) is 11.3 Å². The summed E-state index contributed by atoms with van der Waals surface area (Å²) in [5.41, 5.74) is 3.84. The zero-order valence-electron chi connectivity index (χ0n) is 15.2. The van der Waals surface area contributed by atoms with E-state index in [4.69, 9.17) is 0 Å². The number of nitrogens with one attached hydrogen (secondary N) is 3. The SMILES string of the molecule is CC(C)(C)C(=O)Nc1nnc(CC(=O)NN=Cc2c[nH]c3ccccc23)s1. The molecule has 0 atom stereocenters. The summed E-state index contributed by atoms with van der Waals surface area (Å²) in [6.07, 6.45) is 3.45. The summed E-state index contributed by atoms with van der Waals surface area (Å²) < 4.78 is 0. The van der Waals surface area contributed by atoms with Crippen LogP contribution in [0.25, 0.3) is 10.9 Å². The Bertz CT molecular complexity index is 999. The van der Waals surface area contributed by atoms with E-state index in [1.807, 2.05) is 51.2 Å². The van der Waals surface area contributed by atoms with Gasteiger partial charge in [-0.3, -0.25) is 9.59 Å². The Balaban J connectivity index is 1.54. The van der Waals surface area contributed by atoms with Crippen molar-refractivity contribution in [3.8, 4) is 0 Å². The number of rotatable bonds is 5. The largest absolute Gasteiger partial charge is 0.361 e. The highest BCUT2D eigenvalue weighted by Gasteiger charge is 2.22. The minimum Gasteiger partial charge on any atom is -0.361 e. The van der Waals surface area contributed by atoms with Crippen LogP contribution >= 0.6 is 11.3 Å². The Labute approximate surface area is 160 Å². The fourth-order valence-corrected chi connectivity index (χ4v) is 2.95. The number of hydrogen-bond donors (Lipinski definition) is 3. The van der Waals surface area contributed by atoms with Gasteiger partial charge in [-0.25, -0.2) is 5.43 Å². The van der Waals surface area contributed by atoms with Gasteiger partial charge in [0.1, 0.15) is 5.01 Å². The second-order valence-corrected chi connectivity index (χ2v) is 8.03. The second-order valence-electron chi connectivity index (χ2n) is 6.96. The van der Waals surface area contributed by atoms with Crippen molar-refractivity contribution in [3.05, 3.63) is 41.0 Å². The zero-order chi connectivity index (χ0) is 19.4. The standard InChI is InChI=1S/C18H20N6O2S/c1-18(2,3)16(26)21-17-24-23-15(27-17)8-14(25)22-20-10-11-9-19-13-7-5-4-6-12(11)13/h4-7,9-10,19H,8H2,1-3H3,(H,22,25)(H,21,24,26). The van der Waals surface area contributed by atoms with Gasteiger partial charge in [0.2, 0.25) is 16.9 Å². The van der Waals surface area contributed by atoms with Crippen molar-refractivity contribution in [2.45, 2.75) is 27.2 Å². The zero-order valence-corrected chi connectivity index (χ0v) is 16.1. The molecule has 2 aromatic heterocycles. The van der Waals surface area contributed by atoms with Crippen LogP contribution in [0.15, 0.2) is 35.6 Å². The van der Waals surface area contributed by atoms with E-state index in [1.54, 1.807) is 6.21 Å². The van der Waals surface area contributed by atoms with Gasteiger partial charge in [0.05, 0.1) is 12.6 Å². The molecule has 0 aliphatic rings. The van der Waals surface area contributed by atoms with Crippen LogP contribution in [-0.4, -0.2) is 33.2 Å². The lowest BCUT2D eigenvalue weighted by Crippen LogP contribution is -2.27. The molecule has 0 saturated carbocycles. The van der Waals surface area contributed by atoms with Gasteiger partial charge in [0.25, 0.3) is 0 Å². The molecule has 2 amide bonds. The van der Waals surface area contributed by atoms with Crippen LogP contribution in [-0.2, 0) is 16.0 Å². The van der Waals surface area contributed by atoms with E-state index in [0.29, 0.717) is 10.1 Å². The average Bonchev–Trinajstić information content (AvgIpc) is 3.21. The Morgan fingerprint density at radius 1 is 1.26 bits per heavy atom. The Morgan fingerprint density at radius 3 is 2.81 bits per heavy atom. The van der Waals surface area contributed by atoms with E-state index in [-0.39, 0.29) is 18.2 Å². The van der Waals surface area contributed by atoms with Crippen LogP contribution in [0.2, 0.25) is 0 Å². The number of aromatic nitrogens is 3. The number of carbonyl (C=O) groups is 2. The van der Waals surface area contributed by atoms with Crippen molar-refractivity contribution < 1.29 is 9.59 Å². The van der Waals surface area contributed by atoms with Gasteiger partial charge in [-0.05, 0) is 6.07 Å². The number of nitrogens with zero attached hydrogens (tertiary/aromatic N) is 3. The predicted octanol–water partition coefficient (Wildman–Crippen LogP) is 2.70. The number of aromatic amines is 1. The van der Waals surface area contributed by atoms with E-state index in [9.17, 15) is 9.59 Å². The molecule has 0 saturated heterocycles. The fraction of sp³-hybridized carbons (Fsp3) is 0.278. The highest BCUT2D eigenvalue weighted by Crippen LogP contribution is 2.20. The monoisotopic (exact) mass is 384 g/mol. The van der Waals surface area contributed by atoms with Crippen LogP contribution in [0.4, 0.5) is 5.13 Å². The smallest absolute Gasteiger partial charge is 0.247 e. The average molecular weight is 384 g/mol. The maximum Gasteiger partial charge on any atom is 0.247 e. The third-order valence-corrected chi connectivity index (χ3v) is 4.53. The molecule has 0 spiro atoms. The van der Waals surface area contributed by atoms with Crippen LogP contribution in [0.1, 0.15) is 31.3 Å². The maximum absolute atomic E-state index is 12.0. The van der Waals surface area contributed by atoms with E-state index >= 15 is 0 Å². The molecule has 3 aromatic rings. The number of anilines is 1. The highest BCUT2D eigenvalue weighted by molar-refractivity contribution is 7.15. The summed E-state index contributed by atoms with van der Waals surface area (Å²) in [5, 5.41) is 16.4. The molecule has 1 aromatic carbocycles. The molecule has 2 heterocycles. The molecule has 0 bridgehead atoms.